The zero-order chi connectivity index (χ0) is 17.6. The summed E-state index contributed by atoms with van der Waals surface area (Å²) in [7, 11) is 2.00. The van der Waals surface area contributed by atoms with E-state index in [1.54, 1.807) is 0 Å². The summed E-state index contributed by atoms with van der Waals surface area (Å²) in [6, 6.07) is 8.04. The van der Waals surface area contributed by atoms with E-state index in [0.29, 0.717) is 12.5 Å². The molecule has 1 aromatic heterocycles. The Balaban J connectivity index is 0.00000243. The van der Waals surface area contributed by atoms with Crippen LogP contribution in [0.1, 0.15) is 25.6 Å². The Bertz CT molecular complexity index is 766. The number of aromatic nitrogens is 2. The normalized spacial score (nSPS) is 14.4. The molecule has 1 fully saturated rings. The summed E-state index contributed by atoms with van der Waals surface area (Å²) in [6.45, 7) is 5.22. The Labute approximate surface area is 171 Å². The number of likely N-dealkylation sites (tertiary alicyclic amines) is 1. The minimum atomic E-state index is 0. The topological polar surface area (TPSA) is 74.5 Å². The second-order valence-electron chi connectivity index (χ2n) is 6.21. The highest BCUT2D eigenvalue weighted by Gasteiger charge is 2.17. The molecular formula is C18H27IN6O. The molecule has 8 heteroatoms. The van der Waals surface area contributed by atoms with Crippen LogP contribution in [0.2, 0.25) is 0 Å². The van der Waals surface area contributed by atoms with Gasteiger partial charge in [-0.25, -0.2) is 9.98 Å². The van der Waals surface area contributed by atoms with Gasteiger partial charge in [0.25, 0.3) is 0 Å². The van der Waals surface area contributed by atoms with Crippen LogP contribution in [0.5, 0.6) is 0 Å². The molecule has 1 aromatic carbocycles. The second-order valence-corrected chi connectivity index (χ2v) is 6.21. The molecule has 0 atom stereocenters. The van der Waals surface area contributed by atoms with Crippen LogP contribution >= 0.6 is 24.0 Å². The van der Waals surface area contributed by atoms with Gasteiger partial charge in [0.2, 0.25) is 5.91 Å². The van der Waals surface area contributed by atoms with E-state index in [1.165, 1.54) is 0 Å². The number of imidazole rings is 1. The molecule has 1 saturated heterocycles. The van der Waals surface area contributed by atoms with Crippen molar-refractivity contribution in [3.8, 4) is 0 Å². The van der Waals surface area contributed by atoms with Crippen molar-refractivity contribution in [2.45, 2.75) is 26.3 Å². The molecule has 26 heavy (non-hydrogen) atoms. The number of rotatable bonds is 5. The van der Waals surface area contributed by atoms with E-state index in [-0.39, 0.29) is 36.4 Å². The predicted molar refractivity (Wildman–Crippen MR) is 115 cm³/mol. The molecular weight excluding hydrogens is 443 g/mol. The van der Waals surface area contributed by atoms with Crippen molar-refractivity contribution in [3.63, 3.8) is 0 Å². The number of carbonyl (C=O) groups excluding carboxylic acids is 1. The number of fused-ring (bicyclic) bond motifs is 1. The maximum Gasteiger partial charge on any atom is 0.241 e. The molecule has 0 spiro atoms. The standard InChI is InChI=1S/C18H26N6O.HI/c1-3-19-18(21-13-17(25)24-10-6-7-11-24)20-12-16-22-14-8-4-5-9-15(14)23(16)2;/h4-5,8-9H,3,6-7,10-13H2,1-2H3,(H2,19,20,21);1H. The maximum atomic E-state index is 12.2. The van der Waals surface area contributed by atoms with Crippen molar-refractivity contribution in [3.05, 3.63) is 30.1 Å². The maximum absolute atomic E-state index is 12.2. The second kappa shape index (κ2) is 9.75. The van der Waals surface area contributed by atoms with Gasteiger partial charge < -0.3 is 20.1 Å². The number of halogens is 1. The molecule has 0 unspecified atom stereocenters. The minimum Gasteiger partial charge on any atom is -0.357 e. The summed E-state index contributed by atoms with van der Waals surface area (Å²) in [6.07, 6.45) is 2.21. The Hall–Kier alpha value is -1.84. The highest BCUT2D eigenvalue weighted by Crippen LogP contribution is 2.14. The van der Waals surface area contributed by atoms with Gasteiger partial charge in [0.15, 0.2) is 5.96 Å². The first-order chi connectivity index (χ1) is 12.2. The summed E-state index contributed by atoms with van der Waals surface area (Å²) in [5.41, 5.74) is 2.06. The summed E-state index contributed by atoms with van der Waals surface area (Å²) < 4.78 is 2.05. The highest BCUT2D eigenvalue weighted by molar-refractivity contribution is 14.0. The number of amides is 1. The molecule has 2 N–H and O–H groups in total. The van der Waals surface area contributed by atoms with E-state index in [2.05, 4.69) is 25.2 Å². The molecule has 1 aliphatic rings. The van der Waals surface area contributed by atoms with Gasteiger partial charge in [-0.1, -0.05) is 12.1 Å². The molecule has 7 nitrogen and oxygen atoms in total. The van der Waals surface area contributed by atoms with Gasteiger partial charge in [-0.2, -0.15) is 0 Å². The van der Waals surface area contributed by atoms with Crippen LogP contribution < -0.4 is 10.6 Å². The fourth-order valence-corrected chi connectivity index (χ4v) is 3.07. The van der Waals surface area contributed by atoms with E-state index in [9.17, 15) is 4.79 Å². The van der Waals surface area contributed by atoms with E-state index in [0.717, 1.165) is 49.3 Å². The highest BCUT2D eigenvalue weighted by atomic mass is 127. The fourth-order valence-electron chi connectivity index (χ4n) is 3.07. The van der Waals surface area contributed by atoms with E-state index >= 15 is 0 Å². The molecule has 2 aromatic rings. The van der Waals surface area contributed by atoms with Crippen LogP contribution in [0.25, 0.3) is 11.0 Å². The monoisotopic (exact) mass is 470 g/mol. The number of carbonyl (C=O) groups is 1. The van der Waals surface area contributed by atoms with Crippen LogP contribution in [0.3, 0.4) is 0 Å². The van der Waals surface area contributed by atoms with Crippen molar-refractivity contribution in [1.82, 2.24) is 25.1 Å². The first-order valence-electron chi connectivity index (χ1n) is 8.89. The molecule has 0 aliphatic carbocycles. The van der Waals surface area contributed by atoms with Crippen molar-refractivity contribution in [2.24, 2.45) is 12.0 Å². The number of nitrogens with zero attached hydrogens (tertiary/aromatic N) is 4. The third-order valence-corrected chi connectivity index (χ3v) is 4.47. The first-order valence-corrected chi connectivity index (χ1v) is 8.89. The Morgan fingerprint density at radius 1 is 1.23 bits per heavy atom. The first kappa shape index (κ1) is 20.5. The van der Waals surface area contributed by atoms with Crippen LogP contribution in [0, 0.1) is 0 Å². The largest absolute Gasteiger partial charge is 0.357 e. The van der Waals surface area contributed by atoms with Gasteiger partial charge in [0.05, 0.1) is 17.6 Å². The van der Waals surface area contributed by atoms with Gasteiger partial charge in [-0.05, 0) is 31.9 Å². The lowest BCUT2D eigenvalue weighted by Gasteiger charge is -2.17. The van der Waals surface area contributed by atoms with Gasteiger partial charge >= 0.3 is 0 Å². The third kappa shape index (κ3) is 4.87. The van der Waals surface area contributed by atoms with E-state index in [4.69, 9.17) is 0 Å². The van der Waals surface area contributed by atoms with Crippen LogP contribution in [-0.2, 0) is 18.4 Å². The van der Waals surface area contributed by atoms with Crippen molar-refractivity contribution in [2.75, 3.05) is 26.2 Å². The quantitative estimate of drug-likeness (QED) is 0.398. The number of benzene rings is 1. The number of para-hydroxylation sites is 2. The van der Waals surface area contributed by atoms with Crippen molar-refractivity contribution in [1.29, 1.82) is 0 Å². The van der Waals surface area contributed by atoms with Gasteiger partial charge in [0, 0.05) is 26.7 Å². The average molecular weight is 470 g/mol. The summed E-state index contributed by atoms with van der Waals surface area (Å²) in [5.74, 6) is 1.66. The Morgan fingerprint density at radius 2 is 1.96 bits per heavy atom. The van der Waals surface area contributed by atoms with E-state index in [1.807, 2.05) is 43.1 Å². The molecule has 0 radical (unpaired) electrons. The zero-order valence-electron chi connectivity index (χ0n) is 15.4. The average Bonchev–Trinajstić information content (AvgIpc) is 3.26. The van der Waals surface area contributed by atoms with Gasteiger partial charge in [0.1, 0.15) is 12.4 Å². The zero-order valence-corrected chi connectivity index (χ0v) is 17.7. The molecule has 2 heterocycles. The third-order valence-electron chi connectivity index (χ3n) is 4.47. The molecule has 1 amide bonds. The molecule has 1 aliphatic heterocycles. The number of hydrogen-bond donors (Lipinski definition) is 2. The van der Waals surface area contributed by atoms with Gasteiger partial charge in [-0.3, -0.25) is 4.79 Å². The Kier molecular flexibility index (Phi) is 7.67. The molecule has 0 saturated carbocycles. The van der Waals surface area contributed by atoms with Crippen LogP contribution in [0.4, 0.5) is 0 Å². The lowest BCUT2D eigenvalue weighted by atomic mass is 10.3. The number of guanidine groups is 1. The SMILES string of the molecule is CCNC(=NCc1nc2ccccc2n1C)NCC(=O)N1CCCC1.I. The molecule has 142 valence electrons. The molecule has 0 bridgehead atoms. The lowest BCUT2D eigenvalue weighted by molar-refractivity contribution is -0.128. The van der Waals surface area contributed by atoms with Crippen LogP contribution in [-0.4, -0.2) is 52.5 Å². The minimum absolute atomic E-state index is 0. The fraction of sp³-hybridized carbons (Fsp3) is 0.500. The summed E-state index contributed by atoms with van der Waals surface area (Å²) >= 11 is 0. The number of hydrogen-bond acceptors (Lipinski definition) is 3. The number of aryl methyl sites for hydroxylation is 1. The predicted octanol–water partition coefficient (Wildman–Crippen LogP) is 1.87. The number of aliphatic imine (C=N–C) groups is 1. The summed E-state index contributed by atoms with van der Waals surface area (Å²) in [5, 5.41) is 6.31. The van der Waals surface area contributed by atoms with Crippen molar-refractivity contribution >= 4 is 46.9 Å². The van der Waals surface area contributed by atoms with E-state index < -0.39 is 0 Å². The number of nitrogens with one attached hydrogen (secondary N) is 2. The summed E-state index contributed by atoms with van der Waals surface area (Å²) in [4.78, 5) is 23.3. The van der Waals surface area contributed by atoms with Crippen LogP contribution in [0.15, 0.2) is 29.3 Å². The van der Waals surface area contributed by atoms with Crippen molar-refractivity contribution < 1.29 is 4.79 Å². The lowest BCUT2D eigenvalue weighted by Crippen LogP contribution is -2.44. The molecule has 3 rings (SSSR count). The smallest absolute Gasteiger partial charge is 0.241 e. The Morgan fingerprint density at radius 3 is 2.65 bits per heavy atom. The van der Waals surface area contributed by atoms with Gasteiger partial charge in [-0.15, -0.1) is 24.0 Å².